The fraction of sp³-hybridized carbons (Fsp3) is 0.292. The van der Waals surface area contributed by atoms with Gasteiger partial charge in [-0.1, -0.05) is 6.07 Å². The van der Waals surface area contributed by atoms with Crippen molar-refractivity contribution in [3.63, 3.8) is 0 Å². The molecule has 0 spiro atoms. The normalized spacial score (nSPS) is 15.2. The number of anilines is 2. The number of furan rings is 1. The van der Waals surface area contributed by atoms with Crippen LogP contribution in [0.1, 0.15) is 22.5 Å². The van der Waals surface area contributed by atoms with E-state index in [1.165, 1.54) is 5.56 Å². The molecule has 5 rings (SSSR count). The standard InChI is InChI=1S/C24H27N5O2/c25-20-15-27-21-5-3-16(12-19(20)21)2-1-7-28-8-10-29(11-9-28)18-4-6-22-17(13-18)14-23(31-22)24(26)30/h3-6,12-15,27H,1-2,7-11,25H2,(H2,26,30). The van der Waals surface area contributed by atoms with Gasteiger partial charge in [0.05, 0.1) is 5.69 Å². The molecule has 160 valence electrons. The maximum atomic E-state index is 11.3. The van der Waals surface area contributed by atoms with E-state index in [2.05, 4.69) is 45.1 Å². The maximum absolute atomic E-state index is 11.3. The number of nitrogens with two attached hydrogens (primary N) is 2. The van der Waals surface area contributed by atoms with E-state index in [-0.39, 0.29) is 5.76 Å². The molecular formula is C24H27N5O2. The van der Waals surface area contributed by atoms with Gasteiger partial charge in [-0.05, 0) is 61.3 Å². The first kappa shape index (κ1) is 19.5. The maximum Gasteiger partial charge on any atom is 0.284 e. The molecule has 31 heavy (non-hydrogen) atoms. The Kier molecular flexibility index (Phi) is 5.03. The molecule has 3 heterocycles. The summed E-state index contributed by atoms with van der Waals surface area (Å²) in [6.45, 7) is 5.15. The SMILES string of the molecule is NC(=O)c1cc2cc(N3CCN(CCCc4ccc5[nH]cc(N)c5c4)CC3)ccc2o1. The molecule has 0 bridgehead atoms. The number of carbonyl (C=O) groups excluding carboxylic acids is 1. The van der Waals surface area contributed by atoms with Crippen LogP contribution in [-0.2, 0) is 6.42 Å². The van der Waals surface area contributed by atoms with E-state index in [9.17, 15) is 4.79 Å². The average Bonchev–Trinajstić information content (AvgIpc) is 3.37. The number of rotatable bonds is 6. The van der Waals surface area contributed by atoms with Crippen LogP contribution in [-0.4, -0.2) is 48.5 Å². The number of carbonyl (C=O) groups is 1. The highest BCUT2D eigenvalue weighted by molar-refractivity contribution is 5.95. The summed E-state index contributed by atoms with van der Waals surface area (Å²) >= 11 is 0. The first-order valence-corrected chi connectivity index (χ1v) is 10.7. The van der Waals surface area contributed by atoms with Crippen LogP contribution in [0.2, 0.25) is 0 Å². The lowest BCUT2D eigenvalue weighted by molar-refractivity contribution is 0.0976. The van der Waals surface area contributed by atoms with Gasteiger partial charge in [0.1, 0.15) is 5.58 Å². The summed E-state index contributed by atoms with van der Waals surface area (Å²) < 4.78 is 5.49. The molecule has 0 unspecified atom stereocenters. The monoisotopic (exact) mass is 417 g/mol. The highest BCUT2D eigenvalue weighted by Crippen LogP contribution is 2.26. The zero-order valence-corrected chi connectivity index (χ0v) is 17.4. The summed E-state index contributed by atoms with van der Waals surface area (Å²) in [6.07, 6.45) is 4.04. The Labute approximate surface area is 180 Å². The van der Waals surface area contributed by atoms with Crippen molar-refractivity contribution in [2.24, 2.45) is 5.73 Å². The van der Waals surface area contributed by atoms with E-state index in [0.29, 0.717) is 5.58 Å². The molecule has 0 aliphatic carbocycles. The zero-order valence-electron chi connectivity index (χ0n) is 17.4. The van der Waals surface area contributed by atoms with Gasteiger partial charge in [-0.15, -0.1) is 0 Å². The molecule has 1 aliphatic rings. The molecule has 0 saturated carbocycles. The Bertz CT molecular complexity index is 1230. The number of benzene rings is 2. The van der Waals surface area contributed by atoms with Crippen molar-refractivity contribution >= 4 is 39.2 Å². The molecule has 4 aromatic rings. The van der Waals surface area contributed by atoms with E-state index in [1.807, 2.05) is 12.3 Å². The summed E-state index contributed by atoms with van der Waals surface area (Å²) in [6, 6.07) is 14.3. The number of hydrogen-bond donors (Lipinski definition) is 3. The van der Waals surface area contributed by atoms with Gasteiger partial charge in [-0.25, -0.2) is 0 Å². The quantitative estimate of drug-likeness (QED) is 0.446. The van der Waals surface area contributed by atoms with E-state index in [4.69, 9.17) is 15.9 Å². The highest BCUT2D eigenvalue weighted by Gasteiger charge is 2.18. The van der Waals surface area contributed by atoms with Crippen LogP contribution in [0.3, 0.4) is 0 Å². The number of aryl methyl sites for hydroxylation is 1. The van der Waals surface area contributed by atoms with Crippen LogP contribution in [0.4, 0.5) is 11.4 Å². The van der Waals surface area contributed by atoms with E-state index < -0.39 is 5.91 Å². The predicted octanol–water partition coefficient (Wildman–Crippen LogP) is 3.35. The van der Waals surface area contributed by atoms with Crippen LogP contribution >= 0.6 is 0 Å². The predicted molar refractivity (Wildman–Crippen MR) is 124 cm³/mol. The minimum absolute atomic E-state index is 0.204. The number of nitrogens with one attached hydrogen (secondary N) is 1. The largest absolute Gasteiger partial charge is 0.451 e. The zero-order chi connectivity index (χ0) is 21.4. The molecule has 1 aliphatic heterocycles. The minimum Gasteiger partial charge on any atom is -0.451 e. The van der Waals surface area contributed by atoms with E-state index >= 15 is 0 Å². The van der Waals surface area contributed by atoms with Crippen molar-refractivity contribution in [2.45, 2.75) is 12.8 Å². The molecule has 1 amide bonds. The third-order valence-corrected chi connectivity index (χ3v) is 6.20. The Hall–Kier alpha value is -3.45. The summed E-state index contributed by atoms with van der Waals surface area (Å²) in [5, 5.41) is 2.03. The average molecular weight is 418 g/mol. The van der Waals surface area contributed by atoms with Gasteiger partial charge in [-0.2, -0.15) is 0 Å². The number of primary amides is 1. The number of aromatic nitrogens is 1. The van der Waals surface area contributed by atoms with Crippen molar-refractivity contribution in [1.82, 2.24) is 9.88 Å². The molecule has 7 nitrogen and oxygen atoms in total. The van der Waals surface area contributed by atoms with Crippen molar-refractivity contribution in [2.75, 3.05) is 43.4 Å². The topological polar surface area (TPSA) is 105 Å². The number of nitrogens with zero attached hydrogens (tertiary/aromatic N) is 2. The second kappa shape index (κ2) is 8.00. The van der Waals surface area contributed by atoms with E-state index in [1.54, 1.807) is 6.07 Å². The summed E-state index contributed by atoms with van der Waals surface area (Å²) in [5.41, 5.74) is 16.4. The molecule has 2 aromatic heterocycles. The van der Waals surface area contributed by atoms with Gasteiger partial charge < -0.3 is 25.8 Å². The van der Waals surface area contributed by atoms with Gasteiger partial charge in [0.2, 0.25) is 0 Å². The van der Waals surface area contributed by atoms with Crippen LogP contribution in [0.5, 0.6) is 0 Å². The first-order chi connectivity index (χ1) is 15.1. The molecule has 0 radical (unpaired) electrons. The number of piperazine rings is 1. The van der Waals surface area contributed by atoms with Crippen molar-refractivity contribution in [1.29, 1.82) is 0 Å². The second-order valence-corrected chi connectivity index (χ2v) is 8.25. The highest BCUT2D eigenvalue weighted by atomic mass is 16.3. The van der Waals surface area contributed by atoms with E-state index in [0.717, 1.165) is 73.2 Å². The molecule has 1 saturated heterocycles. The van der Waals surface area contributed by atoms with Crippen LogP contribution in [0.15, 0.2) is 53.1 Å². The van der Waals surface area contributed by atoms with Gasteiger partial charge >= 0.3 is 0 Å². The first-order valence-electron chi connectivity index (χ1n) is 10.7. The van der Waals surface area contributed by atoms with Crippen LogP contribution < -0.4 is 16.4 Å². The Balaban J connectivity index is 1.14. The molecule has 0 atom stereocenters. The molecule has 5 N–H and O–H groups in total. The third kappa shape index (κ3) is 3.96. The van der Waals surface area contributed by atoms with Gasteiger partial charge in [0.15, 0.2) is 5.76 Å². The van der Waals surface area contributed by atoms with Crippen molar-refractivity contribution in [3.8, 4) is 0 Å². The van der Waals surface area contributed by atoms with Gasteiger partial charge in [0.25, 0.3) is 5.91 Å². The third-order valence-electron chi connectivity index (χ3n) is 6.20. The summed E-state index contributed by atoms with van der Waals surface area (Å²) in [4.78, 5) is 19.4. The lowest BCUT2D eigenvalue weighted by atomic mass is 10.1. The summed E-state index contributed by atoms with van der Waals surface area (Å²) in [7, 11) is 0. The number of H-pyrrole nitrogens is 1. The number of aromatic amines is 1. The smallest absolute Gasteiger partial charge is 0.284 e. The molecule has 2 aromatic carbocycles. The molecular weight excluding hydrogens is 390 g/mol. The number of hydrogen-bond acceptors (Lipinski definition) is 5. The Morgan fingerprint density at radius 1 is 1.06 bits per heavy atom. The fourth-order valence-electron chi connectivity index (χ4n) is 4.43. The Morgan fingerprint density at radius 3 is 2.71 bits per heavy atom. The lowest BCUT2D eigenvalue weighted by Crippen LogP contribution is -2.46. The minimum atomic E-state index is -0.539. The summed E-state index contributed by atoms with van der Waals surface area (Å²) in [5.74, 6) is -0.335. The van der Waals surface area contributed by atoms with Crippen LogP contribution in [0, 0.1) is 0 Å². The van der Waals surface area contributed by atoms with Crippen LogP contribution in [0.25, 0.3) is 21.9 Å². The number of amides is 1. The second-order valence-electron chi connectivity index (χ2n) is 8.25. The number of fused-ring (bicyclic) bond motifs is 2. The molecule has 1 fully saturated rings. The van der Waals surface area contributed by atoms with Gasteiger partial charge in [0, 0.05) is 54.4 Å². The van der Waals surface area contributed by atoms with Crippen molar-refractivity contribution < 1.29 is 9.21 Å². The Morgan fingerprint density at radius 2 is 1.90 bits per heavy atom. The van der Waals surface area contributed by atoms with Crippen molar-refractivity contribution in [3.05, 3.63) is 60.0 Å². The van der Waals surface area contributed by atoms with Gasteiger partial charge in [-0.3, -0.25) is 9.69 Å². The fourth-order valence-corrected chi connectivity index (χ4v) is 4.43. The lowest BCUT2D eigenvalue weighted by Gasteiger charge is -2.36. The molecule has 7 heteroatoms. The number of nitrogen functional groups attached to an aromatic ring is 1.